The van der Waals surface area contributed by atoms with Crippen LogP contribution in [-0.4, -0.2) is 17.0 Å². The van der Waals surface area contributed by atoms with E-state index in [9.17, 15) is 9.59 Å². The van der Waals surface area contributed by atoms with E-state index in [-0.39, 0.29) is 18.2 Å². The van der Waals surface area contributed by atoms with Crippen molar-refractivity contribution >= 4 is 28.9 Å². The molecule has 0 bridgehead atoms. The number of carbonyl (C=O) groups is 2. The summed E-state index contributed by atoms with van der Waals surface area (Å²) in [4.78, 5) is 23.6. The smallest absolute Gasteiger partial charge is 0.303 e. The zero-order valence-electron chi connectivity index (χ0n) is 11.7. The highest BCUT2D eigenvalue weighted by Gasteiger charge is 2.10. The van der Waals surface area contributed by atoms with Crippen molar-refractivity contribution in [1.82, 2.24) is 0 Å². The highest BCUT2D eigenvalue weighted by atomic mass is 32.1. The summed E-state index contributed by atoms with van der Waals surface area (Å²) >= 11 is 1.56. The summed E-state index contributed by atoms with van der Waals surface area (Å²) < 4.78 is 0. The predicted octanol–water partition coefficient (Wildman–Crippen LogP) is 3.51. The fraction of sp³-hybridized carbons (Fsp3) is 0.250. The molecule has 21 heavy (non-hydrogen) atoms. The van der Waals surface area contributed by atoms with Crippen molar-refractivity contribution < 1.29 is 14.7 Å². The largest absolute Gasteiger partial charge is 0.481 e. The van der Waals surface area contributed by atoms with Gasteiger partial charge in [-0.1, -0.05) is 25.1 Å². The SMILES string of the molecule is CC(CC(=O)O)c1ccc(NC(=O)Cc2cccs2)cc1. The molecule has 0 aliphatic heterocycles. The highest BCUT2D eigenvalue weighted by Crippen LogP contribution is 2.21. The lowest BCUT2D eigenvalue weighted by Gasteiger charge is -2.10. The third-order valence-corrected chi connectivity index (χ3v) is 4.04. The standard InChI is InChI=1S/C16H17NO3S/c1-11(9-16(19)20)12-4-6-13(7-5-12)17-15(18)10-14-3-2-8-21-14/h2-8,11H,9-10H2,1H3,(H,17,18)(H,19,20). The third-order valence-electron chi connectivity index (χ3n) is 3.16. The molecule has 1 atom stereocenters. The monoisotopic (exact) mass is 303 g/mol. The van der Waals surface area contributed by atoms with Crippen LogP contribution in [-0.2, 0) is 16.0 Å². The lowest BCUT2D eigenvalue weighted by atomic mass is 9.98. The van der Waals surface area contributed by atoms with E-state index >= 15 is 0 Å². The third kappa shape index (κ3) is 4.72. The van der Waals surface area contributed by atoms with Gasteiger partial charge in [-0.3, -0.25) is 9.59 Å². The Bertz CT molecular complexity index is 605. The van der Waals surface area contributed by atoms with Gasteiger partial charge in [0.2, 0.25) is 5.91 Å². The van der Waals surface area contributed by atoms with Crippen LogP contribution in [0.4, 0.5) is 5.69 Å². The average Bonchev–Trinajstić information content (AvgIpc) is 2.91. The fourth-order valence-electron chi connectivity index (χ4n) is 2.05. The zero-order valence-corrected chi connectivity index (χ0v) is 12.5. The van der Waals surface area contributed by atoms with Crippen molar-refractivity contribution in [2.45, 2.75) is 25.7 Å². The van der Waals surface area contributed by atoms with Crippen LogP contribution in [0, 0.1) is 0 Å². The summed E-state index contributed by atoms with van der Waals surface area (Å²) in [7, 11) is 0. The summed E-state index contributed by atoms with van der Waals surface area (Å²) in [5.41, 5.74) is 1.68. The van der Waals surface area contributed by atoms with Crippen LogP contribution in [0.1, 0.15) is 29.7 Å². The van der Waals surface area contributed by atoms with E-state index in [1.54, 1.807) is 23.5 Å². The molecule has 1 aromatic carbocycles. The number of hydrogen-bond donors (Lipinski definition) is 2. The van der Waals surface area contributed by atoms with Crippen LogP contribution < -0.4 is 5.32 Å². The first-order valence-corrected chi connectivity index (χ1v) is 7.56. The van der Waals surface area contributed by atoms with Gasteiger partial charge in [0.15, 0.2) is 0 Å². The summed E-state index contributed by atoms with van der Waals surface area (Å²) in [6.45, 7) is 1.87. The number of anilines is 1. The maximum atomic E-state index is 11.9. The number of thiophene rings is 1. The molecule has 2 aromatic rings. The maximum absolute atomic E-state index is 11.9. The number of carboxylic acid groups (broad SMARTS) is 1. The summed E-state index contributed by atoms with van der Waals surface area (Å²) in [6.07, 6.45) is 0.471. The minimum absolute atomic E-state index is 0.0432. The Morgan fingerprint density at radius 2 is 1.95 bits per heavy atom. The van der Waals surface area contributed by atoms with Crippen LogP contribution in [0.15, 0.2) is 41.8 Å². The molecule has 4 nitrogen and oxygen atoms in total. The van der Waals surface area contributed by atoms with Gasteiger partial charge in [0.05, 0.1) is 12.8 Å². The minimum Gasteiger partial charge on any atom is -0.481 e. The number of benzene rings is 1. The van der Waals surface area contributed by atoms with E-state index in [0.29, 0.717) is 6.42 Å². The molecule has 1 unspecified atom stereocenters. The van der Waals surface area contributed by atoms with Gasteiger partial charge >= 0.3 is 5.97 Å². The van der Waals surface area contributed by atoms with Crippen LogP contribution in [0.25, 0.3) is 0 Å². The van der Waals surface area contributed by atoms with Gasteiger partial charge in [-0.15, -0.1) is 11.3 Å². The van der Waals surface area contributed by atoms with Gasteiger partial charge in [-0.2, -0.15) is 0 Å². The summed E-state index contributed by atoms with van der Waals surface area (Å²) in [5, 5.41) is 13.6. The Balaban J connectivity index is 1.92. The molecule has 0 aliphatic rings. The Labute approximate surface area is 127 Å². The summed E-state index contributed by atoms with van der Waals surface area (Å²) in [5.74, 6) is -0.905. The van der Waals surface area contributed by atoms with Crippen LogP contribution in [0.2, 0.25) is 0 Å². The van der Waals surface area contributed by atoms with Gasteiger partial charge in [-0.25, -0.2) is 0 Å². The molecule has 0 aliphatic carbocycles. The number of carbonyl (C=O) groups excluding carboxylic acids is 1. The molecule has 0 radical (unpaired) electrons. The number of carboxylic acids is 1. The van der Waals surface area contributed by atoms with Crippen molar-refractivity contribution in [1.29, 1.82) is 0 Å². The van der Waals surface area contributed by atoms with E-state index < -0.39 is 5.97 Å². The molecule has 0 saturated heterocycles. The molecule has 0 fully saturated rings. The zero-order chi connectivity index (χ0) is 15.2. The Morgan fingerprint density at radius 3 is 2.52 bits per heavy atom. The number of amides is 1. The molecule has 2 rings (SSSR count). The molecule has 1 aromatic heterocycles. The molecule has 1 heterocycles. The fourth-order valence-corrected chi connectivity index (χ4v) is 2.75. The van der Waals surface area contributed by atoms with Crippen molar-refractivity contribution in [2.24, 2.45) is 0 Å². The molecule has 0 saturated carbocycles. The first kappa shape index (κ1) is 15.3. The van der Waals surface area contributed by atoms with Crippen molar-refractivity contribution in [3.05, 3.63) is 52.2 Å². The van der Waals surface area contributed by atoms with Crippen molar-refractivity contribution in [3.63, 3.8) is 0 Å². The Kier molecular flexibility index (Phi) is 5.11. The minimum atomic E-state index is -0.809. The van der Waals surface area contributed by atoms with Gasteiger partial charge in [0.1, 0.15) is 0 Å². The Hall–Kier alpha value is -2.14. The normalized spacial score (nSPS) is 11.9. The van der Waals surface area contributed by atoms with Crippen molar-refractivity contribution in [3.8, 4) is 0 Å². The first-order valence-electron chi connectivity index (χ1n) is 6.68. The van der Waals surface area contributed by atoms with Crippen molar-refractivity contribution in [2.75, 3.05) is 5.32 Å². The highest BCUT2D eigenvalue weighted by molar-refractivity contribution is 7.10. The van der Waals surface area contributed by atoms with Gasteiger partial charge in [0, 0.05) is 10.6 Å². The lowest BCUT2D eigenvalue weighted by molar-refractivity contribution is -0.137. The molecular weight excluding hydrogens is 286 g/mol. The van der Waals surface area contributed by atoms with E-state index in [1.807, 2.05) is 36.6 Å². The number of nitrogens with one attached hydrogen (secondary N) is 1. The topological polar surface area (TPSA) is 66.4 Å². The number of hydrogen-bond acceptors (Lipinski definition) is 3. The predicted molar refractivity (Wildman–Crippen MR) is 83.8 cm³/mol. The average molecular weight is 303 g/mol. The van der Waals surface area contributed by atoms with E-state index in [0.717, 1.165) is 16.1 Å². The molecule has 110 valence electrons. The number of aliphatic carboxylic acids is 1. The quantitative estimate of drug-likeness (QED) is 0.858. The molecule has 1 amide bonds. The molecule has 5 heteroatoms. The van der Waals surface area contributed by atoms with Crippen LogP contribution >= 0.6 is 11.3 Å². The molecule has 0 spiro atoms. The Morgan fingerprint density at radius 1 is 1.24 bits per heavy atom. The van der Waals surface area contributed by atoms with E-state index in [4.69, 9.17) is 5.11 Å². The second-order valence-corrected chi connectivity index (χ2v) is 5.96. The second kappa shape index (κ2) is 7.04. The van der Waals surface area contributed by atoms with Gasteiger partial charge < -0.3 is 10.4 Å². The first-order chi connectivity index (χ1) is 10.0. The maximum Gasteiger partial charge on any atom is 0.303 e. The molecule has 2 N–H and O–H groups in total. The van der Waals surface area contributed by atoms with E-state index in [2.05, 4.69) is 5.32 Å². The summed E-state index contributed by atoms with van der Waals surface area (Å²) in [6, 6.07) is 11.2. The van der Waals surface area contributed by atoms with Crippen LogP contribution in [0.3, 0.4) is 0 Å². The van der Waals surface area contributed by atoms with Gasteiger partial charge in [0.25, 0.3) is 0 Å². The van der Waals surface area contributed by atoms with E-state index in [1.165, 1.54) is 0 Å². The second-order valence-electron chi connectivity index (χ2n) is 4.93. The lowest BCUT2D eigenvalue weighted by Crippen LogP contribution is -2.13. The van der Waals surface area contributed by atoms with Crippen LogP contribution in [0.5, 0.6) is 0 Å². The van der Waals surface area contributed by atoms with Gasteiger partial charge in [-0.05, 0) is 35.1 Å². The molecular formula is C16H17NO3S. The number of rotatable bonds is 6.